The molecule has 3 N–H and O–H groups in total. The van der Waals surface area contributed by atoms with Gasteiger partial charge in [-0.05, 0) is 44.0 Å². The summed E-state index contributed by atoms with van der Waals surface area (Å²) in [5.74, 6) is -0.384. The van der Waals surface area contributed by atoms with Gasteiger partial charge in [-0.15, -0.1) is 0 Å². The second-order valence-electron chi connectivity index (χ2n) is 5.16. The lowest BCUT2D eigenvalue weighted by Gasteiger charge is -2.35. The van der Waals surface area contributed by atoms with E-state index in [1.807, 2.05) is 0 Å². The molecule has 4 nitrogen and oxygen atoms in total. The molecule has 0 aliphatic carbocycles. The van der Waals surface area contributed by atoms with Gasteiger partial charge in [0.2, 0.25) is 5.91 Å². The zero-order valence-corrected chi connectivity index (χ0v) is 11.1. The van der Waals surface area contributed by atoms with Crippen LogP contribution < -0.4 is 11.1 Å². The standard InChI is InChI=1S/C14H20FN3O/c1-10-8-12(16)6-7-18(10)9-14(19)17-13-4-2-11(15)3-5-13/h2-5,10,12H,6-9,16H2,1H3,(H,17,19). The second-order valence-corrected chi connectivity index (χ2v) is 5.16. The van der Waals surface area contributed by atoms with Gasteiger partial charge in [0.05, 0.1) is 6.54 Å². The number of nitrogens with two attached hydrogens (primary N) is 1. The van der Waals surface area contributed by atoms with Gasteiger partial charge in [-0.3, -0.25) is 9.69 Å². The minimum atomic E-state index is -0.309. The highest BCUT2D eigenvalue weighted by Crippen LogP contribution is 2.16. The number of anilines is 1. The van der Waals surface area contributed by atoms with Crippen molar-refractivity contribution in [2.24, 2.45) is 5.73 Å². The summed E-state index contributed by atoms with van der Waals surface area (Å²) < 4.78 is 12.8. The van der Waals surface area contributed by atoms with E-state index in [9.17, 15) is 9.18 Å². The number of nitrogens with zero attached hydrogens (tertiary/aromatic N) is 1. The molecule has 0 aromatic heterocycles. The van der Waals surface area contributed by atoms with Gasteiger partial charge in [0, 0.05) is 24.3 Å². The van der Waals surface area contributed by atoms with Gasteiger partial charge in [0.1, 0.15) is 5.82 Å². The molecular weight excluding hydrogens is 245 g/mol. The van der Waals surface area contributed by atoms with E-state index in [2.05, 4.69) is 17.1 Å². The van der Waals surface area contributed by atoms with Crippen LogP contribution in [-0.4, -0.2) is 36.0 Å². The molecule has 19 heavy (non-hydrogen) atoms. The van der Waals surface area contributed by atoms with Gasteiger partial charge < -0.3 is 11.1 Å². The van der Waals surface area contributed by atoms with Crippen molar-refractivity contribution in [1.29, 1.82) is 0 Å². The summed E-state index contributed by atoms with van der Waals surface area (Å²) in [6.07, 6.45) is 1.85. The Morgan fingerprint density at radius 2 is 2.16 bits per heavy atom. The molecule has 0 spiro atoms. The van der Waals surface area contributed by atoms with E-state index in [0.717, 1.165) is 19.4 Å². The third kappa shape index (κ3) is 4.01. The monoisotopic (exact) mass is 265 g/mol. The number of rotatable bonds is 3. The Labute approximate surface area is 112 Å². The highest BCUT2D eigenvalue weighted by molar-refractivity contribution is 5.92. The molecule has 0 bridgehead atoms. The Morgan fingerprint density at radius 3 is 2.79 bits per heavy atom. The Morgan fingerprint density at radius 1 is 1.47 bits per heavy atom. The van der Waals surface area contributed by atoms with Crippen molar-refractivity contribution in [2.45, 2.75) is 31.8 Å². The number of likely N-dealkylation sites (tertiary alicyclic amines) is 1. The van der Waals surface area contributed by atoms with Crippen molar-refractivity contribution in [1.82, 2.24) is 4.90 Å². The fraction of sp³-hybridized carbons (Fsp3) is 0.500. The molecule has 1 heterocycles. The number of hydrogen-bond donors (Lipinski definition) is 2. The Kier molecular flexibility index (Phi) is 4.50. The highest BCUT2D eigenvalue weighted by Gasteiger charge is 2.24. The number of carbonyl (C=O) groups excluding carboxylic acids is 1. The molecule has 1 aromatic carbocycles. The van der Waals surface area contributed by atoms with Crippen LogP contribution in [0.5, 0.6) is 0 Å². The average Bonchev–Trinajstić information content (AvgIpc) is 2.36. The fourth-order valence-electron chi connectivity index (χ4n) is 2.41. The van der Waals surface area contributed by atoms with Gasteiger partial charge in [0.15, 0.2) is 0 Å². The fourth-order valence-corrected chi connectivity index (χ4v) is 2.41. The van der Waals surface area contributed by atoms with E-state index in [1.54, 1.807) is 12.1 Å². The molecule has 5 heteroatoms. The Balaban J connectivity index is 1.85. The maximum atomic E-state index is 12.8. The maximum absolute atomic E-state index is 12.8. The minimum absolute atomic E-state index is 0.0751. The Bertz CT molecular complexity index is 435. The molecule has 1 fully saturated rings. The van der Waals surface area contributed by atoms with E-state index >= 15 is 0 Å². The summed E-state index contributed by atoms with van der Waals surface area (Å²) in [6.45, 7) is 3.29. The van der Waals surface area contributed by atoms with Gasteiger partial charge in [-0.1, -0.05) is 0 Å². The molecule has 1 saturated heterocycles. The van der Waals surface area contributed by atoms with Crippen LogP contribution in [0.1, 0.15) is 19.8 Å². The van der Waals surface area contributed by atoms with Crippen LogP contribution in [-0.2, 0) is 4.79 Å². The van der Waals surface area contributed by atoms with Crippen molar-refractivity contribution in [3.8, 4) is 0 Å². The average molecular weight is 265 g/mol. The molecule has 2 rings (SSSR count). The van der Waals surface area contributed by atoms with E-state index in [-0.39, 0.29) is 17.8 Å². The summed E-state index contributed by atoms with van der Waals surface area (Å²) in [6, 6.07) is 6.34. The van der Waals surface area contributed by atoms with Gasteiger partial charge in [-0.25, -0.2) is 4.39 Å². The third-order valence-corrected chi connectivity index (χ3v) is 3.53. The number of hydrogen-bond acceptors (Lipinski definition) is 3. The van der Waals surface area contributed by atoms with Crippen LogP contribution in [0.25, 0.3) is 0 Å². The number of nitrogens with one attached hydrogen (secondary N) is 1. The van der Waals surface area contributed by atoms with Gasteiger partial charge >= 0.3 is 0 Å². The van der Waals surface area contributed by atoms with Crippen molar-refractivity contribution >= 4 is 11.6 Å². The van der Waals surface area contributed by atoms with E-state index in [4.69, 9.17) is 5.73 Å². The minimum Gasteiger partial charge on any atom is -0.328 e. The second kappa shape index (κ2) is 6.12. The lowest BCUT2D eigenvalue weighted by Crippen LogP contribution is -2.48. The SMILES string of the molecule is CC1CC(N)CCN1CC(=O)Nc1ccc(F)cc1. The molecular formula is C14H20FN3O. The smallest absolute Gasteiger partial charge is 0.238 e. The summed E-state index contributed by atoms with van der Waals surface area (Å²) >= 11 is 0. The first-order valence-electron chi connectivity index (χ1n) is 6.59. The molecule has 0 radical (unpaired) electrons. The largest absolute Gasteiger partial charge is 0.328 e. The van der Waals surface area contributed by atoms with E-state index < -0.39 is 0 Å². The quantitative estimate of drug-likeness (QED) is 0.872. The van der Waals surface area contributed by atoms with Crippen LogP contribution in [0.3, 0.4) is 0 Å². The van der Waals surface area contributed by atoms with E-state index in [0.29, 0.717) is 18.3 Å². The molecule has 2 unspecified atom stereocenters. The van der Waals surface area contributed by atoms with Crippen LogP contribution >= 0.6 is 0 Å². The van der Waals surface area contributed by atoms with Crippen LogP contribution in [0.4, 0.5) is 10.1 Å². The normalized spacial score (nSPS) is 24.2. The third-order valence-electron chi connectivity index (χ3n) is 3.53. The van der Waals surface area contributed by atoms with Crippen molar-refractivity contribution in [2.75, 3.05) is 18.4 Å². The molecule has 2 atom stereocenters. The van der Waals surface area contributed by atoms with Crippen molar-refractivity contribution in [3.63, 3.8) is 0 Å². The summed E-state index contributed by atoms with van der Waals surface area (Å²) in [5.41, 5.74) is 6.51. The molecule has 1 aliphatic heterocycles. The van der Waals surface area contributed by atoms with Crippen LogP contribution in [0.2, 0.25) is 0 Å². The first-order chi connectivity index (χ1) is 9.04. The Hall–Kier alpha value is -1.46. The lowest BCUT2D eigenvalue weighted by atomic mass is 9.99. The highest BCUT2D eigenvalue weighted by atomic mass is 19.1. The molecule has 1 amide bonds. The maximum Gasteiger partial charge on any atom is 0.238 e. The predicted molar refractivity (Wildman–Crippen MR) is 73.3 cm³/mol. The number of piperidine rings is 1. The van der Waals surface area contributed by atoms with Crippen molar-refractivity contribution in [3.05, 3.63) is 30.1 Å². The zero-order chi connectivity index (χ0) is 13.8. The summed E-state index contributed by atoms with van der Waals surface area (Å²) in [4.78, 5) is 14.0. The zero-order valence-electron chi connectivity index (χ0n) is 11.1. The molecule has 1 aromatic rings. The van der Waals surface area contributed by atoms with E-state index in [1.165, 1.54) is 12.1 Å². The summed E-state index contributed by atoms with van der Waals surface area (Å²) in [7, 11) is 0. The predicted octanol–water partition coefficient (Wildman–Crippen LogP) is 1.58. The number of halogens is 1. The first-order valence-corrected chi connectivity index (χ1v) is 6.59. The first kappa shape index (κ1) is 14.0. The molecule has 0 saturated carbocycles. The lowest BCUT2D eigenvalue weighted by molar-refractivity contribution is -0.118. The van der Waals surface area contributed by atoms with Gasteiger partial charge in [0.25, 0.3) is 0 Å². The topological polar surface area (TPSA) is 58.4 Å². The number of carbonyl (C=O) groups is 1. The number of amides is 1. The molecule has 1 aliphatic rings. The summed E-state index contributed by atoms with van der Waals surface area (Å²) in [5, 5.41) is 2.77. The van der Waals surface area contributed by atoms with Crippen LogP contribution in [0, 0.1) is 5.82 Å². The van der Waals surface area contributed by atoms with Gasteiger partial charge in [-0.2, -0.15) is 0 Å². The molecule has 104 valence electrons. The van der Waals surface area contributed by atoms with Crippen molar-refractivity contribution < 1.29 is 9.18 Å². The van der Waals surface area contributed by atoms with Crippen LogP contribution in [0.15, 0.2) is 24.3 Å². The number of benzene rings is 1.